The lowest BCUT2D eigenvalue weighted by Crippen LogP contribution is -2.13. The molecule has 0 saturated heterocycles. The summed E-state index contributed by atoms with van der Waals surface area (Å²) in [6, 6.07) is 4.96. The Morgan fingerprint density at radius 2 is 2.12 bits per heavy atom. The maximum absolute atomic E-state index is 12.2. The number of carbonyl (C=O) groups excluding carboxylic acids is 1. The van der Waals surface area contributed by atoms with E-state index in [2.05, 4.69) is 20.4 Å². The third-order valence-corrected chi connectivity index (χ3v) is 3.92. The van der Waals surface area contributed by atoms with Crippen LogP contribution < -0.4 is 5.32 Å². The summed E-state index contributed by atoms with van der Waals surface area (Å²) in [6.07, 6.45) is 4.85. The number of carbonyl (C=O) groups is 1. The van der Waals surface area contributed by atoms with Crippen molar-refractivity contribution in [2.45, 2.75) is 13.8 Å². The Kier molecular flexibility index (Phi) is 5.39. The van der Waals surface area contributed by atoms with Crippen LogP contribution in [0.4, 0.5) is 11.5 Å². The van der Waals surface area contributed by atoms with Crippen LogP contribution in [-0.2, 0) is 4.74 Å². The maximum Gasteiger partial charge on any atom is 0.343 e. The Balaban J connectivity index is 2.04. The molecule has 0 spiro atoms. The van der Waals surface area contributed by atoms with E-state index in [0.29, 0.717) is 21.7 Å². The number of rotatable bonds is 5. The summed E-state index contributed by atoms with van der Waals surface area (Å²) in [4.78, 5) is 20.8. The van der Waals surface area contributed by atoms with Gasteiger partial charge in [-0.2, -0.15) is 10.1 Å². The number of nitrogens with one attached hydrogen (secondary N) is 1. The van der Waals surface area contributed by atoms with Crippen molar-refractivity contribution in [3.63, 3.8) is 0 Å². The normalized spacial score (nSPS) is 10.6. The monoisotopic (exact) mass is 391 g/mol. The summed E-state index contributed by atoms with van der Waals surface area (Å²) in [5, 5.41) is 8.11. The van der Waals surface area contributed by atoms with E-state index in [-0.39, 0.29) is 18.0 Å². The van der Waals surface area contributed by atoms with Crippen LogP contribution in [0.5, 0.6) is 0 Å². The van der Waals surface area contributed by atoms with Crippen molar-refractivity contribution in [2.24, 2.45) is 0 Å². The molecule has 0 amide bonds. The Hall–Kier alpha value is -2.64. The predicted octanol–water partition coefficient (Wildman–Crippen LogP) is 4.20. The van der Waals surface area contributed by atoms with Gasteiger partial charge in [-0.15, -0.1) is 0 Å². The van der Waals surface area contributed by atoms with Gasteiger partial charge in [-0.3, -0.25) is 0 Å². The first kappa shape index (κ1) is 18.2. The average molecular weight is 392 g/mol. The van der Waals surface area contributed by atoms with Crippen LogP contribution in [0.3, 0.4) is 0 Å². The molecule has 0 unspecified atom stereocenters. The fraction of sp³-hybridized carbons (Fsp3) is 0.176. The maximum atomic E-state index is 12.2. The van der Waals surface area contributed by atoms with E-state index in [1.807, 2.05) is 6.92 Å². The number of nitrogens with zero attached hydrogens (tertiary/aromatic N) is 4. The third-order valence-electron chi connectivity index (χ3n) is 3.37. The predicted molar refractivity (Wildman–Crippen MR) is 99.6 cm³/mol. The molecular formula is C17H15Cl2N5O2. The van der Waals surface area contributed by atoms with E-state index >= 15 is 0 Å². The highest BCUT2D eigenvalue weighted by Gasteiger charge is 2.18. The van der Waals surface area contributed by atoms with Crippen molar-refractivity contribution in [1.29, 1.82) is 0 Å². The van der Waals surface area contributed by atoms with Crippen molar-refractivity contribution < 1.29 is 9.53 Å². The molecule has 0 saturated carbocycles. The highest BCUT2D eigenvalue weighted by atomic mass is 35.5. The van der Waals surface area contributed by atoms with Crippen LogP contribution >= 0.6 is 23.2 Å². The van der Waals surface area contributed by atoms with E-state index in [9.17, 15) is 4.79 Å². The molecule has 3 aromatic rings. The Morgan fingerprint density at radius 1 is 1.31 bits per heavy atom. The molecule has 0 radical (unpaired) electrons. The van der Waals surface area contributed by atoms with Crippen LogP contribution in [0.1, 0.15) is 22.8 Å². The van der Waals surface area contributed by atoms with Gasteiger partial charge in [0.1, 0.15) is 5.56 Å². The average Bonchev–Trinajstić information content (AvgIpc) is 3.04. The zero-order valence-corrected chi connectivity index (χ0v) is 15.5. The molecule has 0 aliphatic heterocycles. The molecule has 26 heavy (non-hydrogen) atoms. The summed E-state index contributed by atoms with van der Waals surface area (Å²) in [6.45, 7) is 3.87. The van der Waals surface area contributed by atoms with Crippen LogP contribution in [0.15, 0.2) is 36.8 Å². The Morgan fingerprint density at radius 3 is 2.77 bits per heavy atom. The minimum Gasteiger partial charge on any atom is -0.462 e. The molecule has 134 valence electrons. The second kappa shape index (κ2) is 7.72. The summed E-state index contributed by atoms with van der Waals surface area (Å²) < 4.78 is 6.58. The van der Waals surface area contributed by atoms with Gasteiger partial charge in [0.25, 0.3) is 5.95 Å². The van der Waals surface area contributed by atoms with Crippen molar-refractivity contribution >= 4 is 40.7 Å². The molecule has 7 nitrogen and oxygen atoms in total. The minimum atomic E-state index is -0.539. The first-order valence-corrected chi connectivity index (χ1v) is 8.51. The smallest absolute Gasteiger partial charge is 0.343 e. The van der Waals surface area contributed by atoms with Gasteiger partial charge in [0.2, 0.25) is 0 Å². The van der Waals surface area contributed by atoms with Gasteiger partial charge < -0.3 is 10.1 Å². The van der Waals surface area contributed by atoms with Gasteiger partial charge in [0.15, 0.2) is 5.82 Å². The van der Waals surface area contributed by atoms with Gasteiger partial charge in [-0.25, -0.2) is 14.5 Å². The molecule has 0 atom stereocenters. The number of aromatic nitrogens is 4. The van der Waals surface area contributed by atoms with Gasteiger partial charge in [-0.1, -0.05) is 23.2 Å². The molecule has 0 aliphatic carbocycles. The van der Waals surface area contributed by atoms with E-state index in [0.717, 1.165) is 5.56 Å². The van der Waals surface area contributed by atoms with Crippen molar-refractivity contribution in [3.05, 3.63) is 58.0 Å². The zero-order chi connectivity index (χ0) is 18.7. The number of anilines is 2. The van der Waals surface area contributed by atoms with E-state index in [4.69, 9.17) is 27.9 Å². The van der Waals surface area contributed by atoms with E-state index in [1.54, 1.807) is 37.5 Å². The minimum absolute atomic E-state index is 0.186. The number of hydrogen-bond donors (Lipinski definition) is 1. The summed E-state index contributed by atoms with van der Waals surface area (Å²) in [7, 11) is 0. The molecule has 9 heteroatoms. The Bertz CT molecular complexity index is 958. The highest BCUT2D eigenvalue weighted by molar-refractivity contribution is 6.36. The van der Waals surface area contributed by atoms with Crippen molar-refractivity contribution in [2.75, 3.05) is 11.9 Å². The fourth-order valence-corrected chi connectivity index (χ4v) is 2.63. The zero-order valence-electron chi connectivity index (χ0n) is 14.0. The third kappa shape index (κ3) is 3.95. The standard InChI is InChI=1S/C17H15Cl2N5O2/c1-3-26-16(25)12-8-20-17(24-9-10(2)7-21-24)23-15(12)22-14-5-4-11(18)6-13(14)19/h4-9H,3H2,1-2H3,(H,20,22,23). The van der Waals surface area contributed by atoms with Crippen LogP contribution in [0, 0.1) is 6.92 Å². The highest BCUT2D eigenvalue weighted by Crippen LogP contribution is 2.29. The molecule has 0 bridgehead atoms. The lowest BCUT2D eigenvalue weighted by Gasteiger charge is -2.12. The fourth-order valence-electron chi connectivity index (χ4n) is 2.18. The molecule has 0 aliphatic rings. The number of halogens is 2. The largest absolute Gasteiger partial charge is 0.462 e. The topological polar surface area (TPSA) is 81.9 Å². The van der Waals surface area contributed by atoms with Crippen LogP contribution in [0.2, 0.25) is 10.0 Å². The van der Waals surface area contributed by atoms with Gasteiger partial charge in [0.05, 0.1) is 23.5 Å². The van der Waals surface area contributed by atoms with E-state index < -0.39 is 5.97 Å². The second-order valence-electron chi connectivity index (χ2n) is 5.36. The molecule has 2 heterocycles. The van der Waals surface area contributed by atoms with Gasteiger partial charge in [-0.05, 0) is 37.6 Å². The molecule has 1 N–H and O–H groups in total. The lowest BCUT2D eigenvalue weighted by molar-refractivity contribution is 0.0526. The van der Waals surface area contributed by atoms with Crippen LogP contribution in [0.25, 0.3) is 5.95 Å². The molecular weight excluding hydrogens is 377 g/mol. The van der Waals surface area contributed by atoms with E-state index in [1.165, 1.54) is 10.9 Å². The van der Waals surface area contributed by atoms with Crippen molar-refractivity contribution in [1.82, 2.24) is 19.7 Å². The molecule has 0 fully saturated rings. The SMILES string of the molecule is CCOC(=O)c1cnc(-n2cc(C)cn2)nc1Nc1ccc(Cl)cc1Cl. The summed E-state index contributed by atoms with van der Waals surface area (Å²) >= 11 is 12.1. The molecule has 2 aromatic heterocycles. The molecule has 3 rings (SSSR count). The van der Waals surface area contributed by atoms with Gasteiger partial charge in [0, 0.05) is 17.4 Å². The van der Waals surface area contributed by atoms with Gasteiger partial charge >= 0.3 is 5.97 Å². The first-order valence-electron chi connectivity index (χ1n) is 7.76. The Labute approximate surface area is 159 Å². The lowest BCUT2D eigenvalue weighted by atomic mass is 10.2. The summed E-state index contributed by atoms with van der Waals surface area (Å²) in [5.74, 6) is 0.0211. The van der Waals surface area contributed by atoms with Crippen molar-refractivity contribution in [3.8, 4) is 5.95 Å². The number of hydrogen-bond acceptors (Lipinski definition) is 6. The number of benzene rings is 1. The number of esters is 1. The number of ether oxygens (including phenoxy) is 1. The van der Waals surface area contributed by atoms with Crippen LogP contribution in [-0.4, -0.2) is 32.3 Å². The quantitative estimate of drug-likeness (QED) is 0.656. The molecule has 1 aromatic carbocycles. The second-order valence-corrected chi connectivity index (χ2v) is 6.21. The number of aryl methyl sites for hydroxylation is 1. The summed E-state index contributed by atoms with van der Waals surface area (Å²) in [5.41, 5.74) is 1.69. The first-order chi connectivity index (χ1) is 12.5.